The number of rotatable bonds is 5. The lowest BCUT2D eigenvalue weighted by Crippen LogP contribution is -2.43. The lowest BCUT2D eigenvalue weighted by Gasteiger charge is -2.32. The minimum absolute atomic E-state index is 0.0206. The van der Waals surface area contributed by atoms with Crippen molar-refractivity contribution < 1.29 is 5.11 Å². The number of benzene rings is 1. The van der Waals surface area contributed by atoms with Crippen molar-refractivity contribution in [2.75, 3.05) is 33.2 Å². The molecule has 9 heteroatoms. The van der Waals surface area contributed by atoms with E-state index in [1.165, 1.54) is 37.6 Å². The van der Waals surface area contributed by atoms with Crippen molar-refractivity contribution in [3.05, 3.63) is 68.6 Å². The summed E-state index contributed by atoms with van der Waals surface area (Å²) in [7, 11) is 3.83. The molecule has 0 radical (unpaired) electrons. The number of aromatic hydroxyl groups is 1. The maximum atomic E-state index is 12.2. The Kier molecular flexibility index (Phi) is 5.20. The molecule has 0 saturated carbocycles. The first-order valence-electron chi connectivity index (χ1n) is 11.6. The molecule has 1 aliphatic carbocycles. The van der Waals surface area contributed by atoms with Gasteiger partial charge < -0.3 is 10.0 Å². The molecule has 0 amide bonds. The van der Waals surface area contributed by atoms with Crippen LogP contribution < -0.4 is 5.69 Å². The molecule has 0 unspecified atom stereocenters. The molecule has 1 fully saturated rings. The second-order valence-corrected chi connectivity index (χ2v) is 10.6. The van der Waals surface area contributed by atoms with E-state index >= 15 is 0 Å². The molecule has 2 N–H and O–H groups in total. The summed E-state index contributed by atoms with van der Waals surface area (Å²) in [4.78, 5) is 19.2. The van der Waals surface area contributed by atoms with Gasteiger partial charge in [0.2, 0.25) is 5.88 Å². The summed E-state index contributed by atoms with van der Waals surface area (Å²) in [6.45, 7) is 5.80. The summed E-state index contributed by atoms with van der Waals surface area (Å²) >= 11 is 1.62. The third-order valence-corrected chi connectivity index (χ3v) is 8.09. The summed E-state index contributed by atoms with van der Waals surface area (Å²) in [6.07, 6.45) is 2.31. The van der Waals surface area contributed by atoms with Gasteiger partial charge in [-0.25, -0.2) is 4.79 Å². The monoisotopic (exact) mass is 476 g/mol. The first kappa shape index (κ1) is 21.4. The second kappa shape index (κ2) is 8.26. The Morgan fingerprint density at radius 2 is 1.91 bits per heavy atom. The quantitative estimate of drug-likeness (QED) is 0.408. The van der Waals surface area contributed by atoms with Gasteiger partial charge in [-0.05, 0) is 36.4 Å². The van der Waals surface area contributed by atoms with Crippen LogP contribution in [0.25, 0.3) is 21.8 Å². The molecule has 4 heterocycles. The van der Waals surface area contributed by atoms with Crippen molar-refractivity contribution in [2.24, 2.45) is 7.05 Å². The van der Waals surface area contributed by atoms with Gasteiger partial charge in [0.15, 0.2) is 0 Å². The van der Waals surface area contributed by atoms with Crippen molar-refractivity contribution in [3.63, 3.8) is 0 Å². The van der Waals surface area contributed by atoms with Gasteiger partial charge in [0, 0.05) is 62.2 Å². The number of imidazole rings is 1. The first-order valence-corrected chi connectivity index (χ1v) is 12.4. The van der Waals surface area contributed by atoms with E-state index in [-0.39, 0.29) is 11.6 Å². The van der Waals surface area contributed by atoms with Crippen LogP contribution in [-0.4, -0.2) is 67.5 Å². The molecular formula is C25H28N6O2S. The van der Waals surface area contributed by atoms with Gasteiger partial charge in [0.05, 0.1) is 29.0 Å². The minimum atomic E-state index is -0.224. The highest BCUT2D eigenvalue weighted by Crippen LogP contribution is 2.42. The zero-order valence-electron chi connectivity index (χ0n) is 19.4. The van der Waals surface area contributed by atoms with Crippen LogP contribution in [0.5, 0.6) is 5.88 Å². The molecule has 1 saturated heterocycles. The van der Waals surface area contributed by atoms with Crippen molar-refractivity contribution >= 4 is 11.3 Å². The number of H-pyrrole nitrogens is 1. The van der Waals surface area contributed by atoms with E-state index in [9.17, 15) is 9.90 Å². The Bertz CT molecular complexity index is 1420. The van der Waals surface area contributed by atoms with Crippen LogP contribution in [0.1, 0.15) is 21.6 Å². The standard InChI is InChI=1S/C25H28N6O2S/c1-28-7-9-30(10-8-28)13-16-3-4-17-12-20-23(19(17)11-16)26-27-24(20)21-6-5-18(34-21)14-31-22(32)15-29(2)25(31)33/h3-6,11,15,32H,7-10,12-14H2,1-2H3,(H,26,27). The van der Waals surface area contributed by atoms with Gasteiger partial charge in [-0.2, -0.15) is 5.10 Å². The molecule has 176 valence electrons. The third-order valence-electron chi connectivity index (χ3n) is 7.01. The van der Waals surface area contributed by atoms with Crippen LogP contribution in [0.15, 0.2) is 41.3 Å². The van der Waals surface area contributed by atoms with Crippen LogP contribution in [0.2, 0.25) is 0 Å². The van der Waals surface area contributed by atoms with Crippen molar-refractivity contribution in [3.8, 4) is 27.7 Å². The topological polar surface area (TPSA) is 82.3 Å². The molecule has 0 atom stereocenters. The number of hydrogen-bond acceptors (Lipinski definition) is 6. The molecule has 1 aromatic carbocycles. The number of nitrogens with one attached hydrogen (secondary N) is 1. The maximum Gasteiger partial charge on any atom is 0.331 e. The van der Waals surface area contributed by atoms with Gasteiger partial charge in [0.1, 0.15) is 0 Å². The predicted octanol–water partition coefficient (Wildman–Crippen LogP) is 2.71. The summed E-state index contributed by atoms with van der Waals surface area (Å²) < 4.78 is 2.77. The normalized spacial score (nSPS) is 16.2. The molecule has 6 rings (SSSR count). The van der Waals surface area contributed by atoms with E-state index in [1.807, 2.05) is 6.07 Å². The highest BCUT2D eigenvalue weighted by molar-refractivity contribution is 7.15. The van der Waals surface area contributed by atoms with Crippen molar-refractivity contribution in [1.29, 1.82) is 0 Å². The van der Waals surface area contributed by atoms with E-state index in [4.69, 9.17) is 5.10 Å². The highest BCUT2D eigenvalue weighted by Gasteiger charge is 2.26. The number of fused-ring (bicyclic) bond motifs is 3. The van der Waals surface area contributed by atoms with Gasteiger partial charge in [0.25, 0.3) is 0 Å². The average molecular weight is 477 g/mol. The predicted molar refractivity (Wildman–Crippen MR) is 133 cm³/mol. The van der Waals surface area contributed by atoms with Crippen LogP contribution in [-0.2, 0) is 26.6 Å². The Hall–Kier alpha value is -3.14. The summed E-state index contributed by atoms with van der Waals surface area (Å²) in [5.41, 5.74) is 7.02. The third kappa shape index (κ3) is 3.70. The fourth-order valence-corrected chi connectivity index (χ4v) is 6.02. The van der Waals surface area contributed by atoms with Crippen molar-refractivity contribution in [2.45, 2.75) is 19.5 Å². The lowest BCUT2D eigenvalue weighted by molar-refractivity contribution is 0.148. The van der Waals surface area contributed by atoms with Crippen LogP contribution in [0.3, 0.4) is 0 Å². The zero-order chi connectivity index (χ0) is 23.4. The van der Waals surface area contributed by atoms with Crippen LogP contribution >= 0.6 is 11.3 Å². The number of nitrogens with zero attached hydrogens (tertiary/aromatic N) is 5. The largest absolute Gasteiger partial charge is 0.493 e. The summed E-state index contributed by atoms with van der Waals surface area (Å²) in [6, 6.07) is 10.9. The molecule has 1 aliphatic heterocycles. The Labute approximate surface area is 201 Å². The van der Waals surface area contributed by atoms with E-state index in [0.29, 0.717) is 6.54 Å². The molecule has 34 heavy (non-hydrogen) atoms. The number of hydrogen-bond donors (Lipinski definition) is 2. The second-order valence-electron chi connectivity index (χ2n) is 9.41. The Balaban J connectivity index is 1.23. The van der Waals surface area contributed by atoms with Gasteiger partial charge in [-0.15, -0.1) is 11.3 Å². The molecule has 8 nitrogen and oxygen atoms in total. The number of thiophene rings is 1. The number of aryl methyl sites for hydroxylation is 1. The van der Waals surface area contributed by atoms with Crippen LogP contribution in [0, 0.1) is 0 Å². The molecular weight excluding hydrogens is 448 g/mol. The SMILES string of the molecule is CN1CCN(Cc2ccc3c(c2)-c2n[nH]c(-c4ccc(Cn5c(O)cn(C)c5=O)s4)c2C3)CC1. The zero-order valence-corrected chi connectivity index (χ0v) is 20.2. The van der Waals surface area contributed by atoms with Gasteiger partial charge in [-0.3, -0.25) is 19.1 Å². The number of aromatic amines is 1. The van der Waals surface area contributed by atoms with E-state index in [2.05, 4.69) is 46.2 Å². The average Bonchev–Trinajstić information content (AvgIpc) is 3.57. The molecule has 0 spiro atoms. The molecule has 2 aliphatic rings. The van der Waals surface area contributed by atoms with E-state index < -0.39 is 0 Å². The lowest BCUT2D eigenvalue weighted by atomic mass is 10.0. The van der Waals surface area contributed by atoms with Gasteiger partial charge in [-0.1, -0.05) is 12.1 Å². The summed E-state index contributed by atoms with van der Waals surface area (Å²) in [5, 5.41) is 18.0. The van der Waals surface area contributed by atoms with Crippen LogP contribution in [0.4, 0.5) is 0 Å². The smallest absolute Gasteiger partial charge is 0.331 e. The first-order chi connectivity index (χ1) is 16.5. The fraction of sp³-hybridized carbons (Fsp3) is 0.360. The molecule has 4 aromatic rings. The minimum Gasteiger partial charge on any atom is -0.493 e. The Morgan fingerprint density at radius 3 is 2.68 bits per heavy atom. The fourth-order valence-electron chi connectivity index (χ4n) is 5.00. The summed E-state index contributed by atoms with van der Waals surface area (Å²) in [5.74, 6) is -0.0206. The number of likely N-dealkylation sites (N-methyl/N-ethyl adjacent to an activating group) is 1. The highest BCUT2D eigenvalue weighted by atomic mass is 32.1. The molecule has 3 aromatic heterocycles. The van der Waals surface area contributed by atoms with Crippen molar-refractivity contribution in [1.82, 2.24) is 29.1 Å². The maximum absolute atomic E-state index is 12.2. The Morgan fingerprint density at radius 1 is 1.09 bits per heavy atom. The van der Waals surface area contributed by atoms with Gasteiger partial charge >= 0.3 is 5.69 Å². The van der Waals surface area contributed by atoms with E-state index in [1.54, 1.807) is 18.4 Å². The number of aromatic nitrogens is 4. The van der Waals surface area contributed by atoms with E-state index in [0.717, 1.165) is 60.3 Å². The number of piperazine rings is 1. The molecule has 0 bridgehead atoms.